The van der Waals surface area contributed by atoms with Crippen molar-refractivity contribution in [3.05, 3.63) is 29.3 Å². The molecule has 0 amide bonds. The number of carboxylic acids is 1. The minimum atomic E-state index is -0.737. The van der Waals surface area contributed by atoms with Crippen LogP contribution in [0.5, 0.6) is 5.75 Å². The third-order valence-corrected chi connectivity index (χ3v) is 4.61. The van der Waals surface area contributed by atoms with Crippen LogP contribution in [0.3, 0.4) is 0 Å². The number of hydrogen-bond acceptors (Lipinski definition) is 4. The van der Waals surface area contributed by atoms with Crippen LogP contribution in [-0.2, 0) is 11.2 Å². The largest absolute Gasteiger partial charge is 0.497 e. The molecule has 5 heteroatoms. The first kappa shape index (κ1) is 14.4. The van der Waals surface area contributed by atoms with Crippen LogP contribution in [0.2, 0.25) is 0 Å². The fraction of sp³-hybridized carbons (Fsp3) is 0.562. The van der Waals surface area contributed by atoms with Crippen molar-refractivity contribution in [2.75, 3.05) is 39.8 Å². The number of ether oxygens (including phenoxy) is 1. The molecule has 1 aromatic carbocycles. The Balaban J connectivity index is 1.67. The first-order valence-electron chi connectivity index (χ1n) is 7.52. The Kier molecular flexibility index (Phi) is 4.12. The Bertz CT molecular complexity index is 524. The third-order valence-electron chi connectivity index (χ3n) is 4.61. The number of benzene rings is 1. The van der Waals surface area contributed by atoms with E-state index < -0.39 is 5.97 Å². The van der Waals surface area contributed by atoms with Gasteiger partial charge in [-0.25, -0.2) is 0 Å². The molecule has 1 aliphatic heterocycles. The molecule has 1 aromatic rings. The number of aliphatic carboxylic acids is 1. The summed E-state index contributed by atoms with van der Waals surface area (Å²) in [6, 6.07) is 6.83. The molecule has 1 aliphatic carbocycles. The van der Waals surface area contributed by atoms with E-state index in [1.165, 1.54) is 11.1 Å². The fourth-order valence-corrected chi connectivity index (χ4v) is 3.49. The number of fused-ring (bicyclic) bond motifs is 1. The van der Waals surface area contributed by atoms with Crippen molar-refractivity contribution in [3.63, 3.8) is 0 Å². The zero-order chi connectivity index (χ0) is 14.8. The summed E-state index contributed by atoms with van der Waals surface area (Å²) in [5.41, 5.74) is 2.81. The molecular weight excluding hydrogens is 268 g/mol. The van der Waals surface area contributed by atoms with Gasteiger partial charge in [0.15, 0.2) is 0 Å². The molecule has 2 aliphatic rings. The predicted octanol–water partition coefficient (Wildman–Crippen LogP) is 1.38. The second-order valence-electron chi connectivity index (χ2n) is 5.83. The van der Waals surface area contributed by atoms with Crippen molar-refractivity contribution in [3.8, 4) is 5.75 Å². The predicted molar refractivity (Wildman–Crippen MR) is 79.7 cm³/mol. The summed E-state index contributed by atoms with van der Waals surface area (Å²) >= 11 is 0. The van der Waals surface area contributed by atoms with Crippen LogP contribution in [0.1, 0.15) is 23.6 Å². The van der Waals surface area contributed by atoms with Crippen molar-refractivity contribution in [2.45, 2.75) is 18.9 Å². The van der Waals surface area contributed by atoms with E-state index >= 15 is 0 Å². The number of nitrogens with zero attached hydrogens (tertiary/aromatic N) is 2. The van der Waals surface area contributed by atoms with Crippen molar-refractivity contribution in [1.29, 1.82) is 0 Å². The molecule has 3 rings (SSSR count). The molecule has 0 aromatic heterocycles. The highest BCUT2D eigenvalue weighted by molar-refractivity contribution is 5.69. The Morgan fingerprint density at radius 3 is 2.76 bits per heavy atom. The van der Waals surface area contributed by atoms with Gasteiger partial charge >= 0.3 is 5.97 Å². The average molecular weight is 290 g/mol. The Labute approximate surface area is 125 Å². The van der Waals surface area contributed by atoms with Crippen LogP contribution in [0.4, 0.5) is 0 Å². The number of aryl methyl sites for hydroxylation is 1. The lowest BCUT2D eigenvalue weighted by Crippen LogP contribution is -2.48. The maximum Gasteiger partial charge on any atom is 0.317 e. The SMILES string of the molecule is COc1ccc2c(c1)C(N1CCN(CC(=O)O)CC1)CC2. The van der Waals surface area contributed by atoms with Crippen molar-refractivity contribution in [1.82, 2.24) is 9.80 Å². The van der Waals surface area contributed by atoms with Gasteiger partial charge in [-0.2, -0.15) is 0 Å². The first-order valence-corrected chi connectivity index (χ1v) is 7.52. The molecule has 1 heterocycles. The first-order chi connectivity index (χ1) is 10.2. The summed E-state index contributed by atoms with van der Waals surface area (Å²) in [6.45, 7) is 3.70. The average Bonchev–Trinajstić information content (AvgIpc) is 2.90. The summed E-state index contributed by atoms with van der Waals surface area (Å²) in [7, 11) is 1.70. The molecule has 0 spiro atoms. The van der Waals surface area contributed by atoms with Crippen molar-refractivity contribution in [2.24, 2.45) is 0 Å². The van der Waals surface area contributed by atoms with Crippen LogP contribution in [0.25, 0.3) is 0 Å². The van der Waals surface area contributed by atoms with E-state index in [0.717, 1.165) is 44.8 Å². The Morgan fingerprint density at radius 1 is 1.33 bits per heavy atom. The van der Waals surface area contributed by atoms with Gasteiger partial charge in [-0.15, -0.1) is 0 Å². The molecule has 1 unspecified atom stereocenters. The monoisotopic (exact) mass is 290 g/mol. The van der Waals surface area contributed by atoms with Crippen molar-refractivity contribution < 1.29 is 14.6 Å². The number of methoxy groups -OCH3 is 1. The Morgan fingerprint density at radius 2 is 2.10 bits per heavy atom. The molecule has 21 heavy (non-hydrogen) atoms. The minimum absolute atomic E-state index is 0.156. The summed E-state index contributed by atoms with van der Waals surface area (Å²) in [5, 5.41) is 8.86. The number of piperazine rings is 1. The van der Waals surface area contributed by atoms with E-state index in [1.807, 2.05) is 11.0 Å². The number of hydrogen-bond donors (Lipinski definition) is 1. The van der Waals surface area contributed by atoms with Gasteiger partial charge in [0.25, 0.3) is 0 Å². The second-order valence-corrected chi connectivity index (χ2v) is 5.83. The van der Waals surface area contributed by atoms with E-state index in [-0.39, 0.29) is 6.54 Å². The fourth-order valence-electron chi connectivity index (χ4n) is 3.49. The number of rotatable bonds is 4. The van der Waals surface area contributed by atoms with Gasteiger partial charge < -0.3 is 9.84 Å². The molecule has 1 saturated heterocycles. The zero-order valence-corrected chi connectivity index (χ0v) is 12.4. The van der Waals surface area contributed by atoms with Gasteiger partial charge in [0.05, 0.1) is 13.7 Å². The third kappa shape index (κ3) is 3.04. The van der Waals surface area contributed by atoms with E-state index in [9.17, 15) is 4.79 Å². The number of carboxylic acid groups (broad SMARTS) is 1. The molecule has 114 valence electrons. The molecule has 1 atom stereocenters. The lowest BCUT2D eigenvalue weighted by molar-refractivity contribution is -0.138. The zero-order valence-electron chi connectivity index (χ0n) is 12.4. The van der Waals surface area contributed by atoms with Gasteiger partial charge in [-0.1, -0.05) is 6.07 Å². The van der Waals surface area contributed by atoms with Crippen LogP contribution < -0.4 is 4.74 Å². The van der Waals surface area contributed by atoms with Crippen LogP contribution in [0.15, 0.2) is 18.2 Å². The lowest BCUT2D eigenvalue weighted by atomic mass is 10.1. The summed E-state index contributed by atoms with van der Waals surface area (Å²) in [6.07, 6.45) is 2.28. The topological polar surface area (TPSA) is 53.0 Å². The molecular formula is C16H22N2O3. The highest BCUT2D eigenvalue weighted by Crippen LogP contribution is 2.38. The van der Waals surface area contributed by atoms with Crippen LogP contribution in [0, 0.1) is 0 Å². The van der Waals surface area contributed by atoms with E-state index in [1.54, 1.807) is 7.11 Å². The second kappa shape index (κ2) is 6.03. The standard InChI is InChI=1S/C16H22N2O3/c1-21-13-4-2-12-3-5-15(14(12)10-13)18-8-6-17(7-9-18)11-16(19)20/h2,4,10,15H,3,5-9,11H2,1H3,(H,19,20). The van der Waals surface area contributed by atoms with E-state index in [2.05, 4.69) is 17.0 Å². The van der Waals surface area contributed by atoms with E-state index in [4.69, 9.17) is 9.84 Å². The van der Waals surface area contributed by atoms with Crippen molar-refractivity contribution >= 4 is 5.97 Å². The van der Waals surface area contributed by atoms with Crippen LogP contribution in [-0.4, -0.2) is 60.7 Å². The molecule has 1 fully saturated rings. The Hall–Kier alpha value is -1.59. The quantitative estimate of drug-likeness (QED) is 0.908. The minimum Gasteiger partial charge on any atom is -0.497 e. The van der Waals surface area contributed by atoms with Gasteiger partial charge in [-0.05, 0) is 36.1 Å². The normalized spacial score (nSPS) is 23.0. The number of carbonyl (C=O) groups is 1. The summed E-state index contributed by atoms with van der Waals surface area (Å²) < 4.78 is 5.34. The van der Waals surface area contributed by atoms with Gasteiger partial charge in [-0.3, -0.25) is 14.6 Å². The molecule has 5 nitrogen and oxygen atoms in total. The van der Waals surface area contributed by atoms with Gasteiger partial charge in [0.1, 0.15) is 5.75 Å². The van der Waals surface area contributed by atoms with Crippen LogP contribution >= 0.6 is 0 Å². The van der Waals surface area contributed by atoms with Gasteiger partial charge in [0.2, 0.25) is 0 Å². The molecule has 1 N–H and O–H groups in total. The molecule has 0 radical (unpaired) electrons. The summed E-state index contributed by atoms with van der Waals surface area (Å²) in [5.74, 6) is 0.185. The maximum atomic E-state index is 10.8. The summed E-state index contributed by atoms with van der Waals surface area (Å²) in [4.78, 5) is 15.3. The highest BCUT2D eigenvalue weighted by atomic mass is 16.5. The highest BCUT2D eigenvalue weighted by Gasteiger charge is 2.30. The smallest absolute Gasteiger partial charge is 0.317 e. The van der Waals surface area contributed by atoms with E-state index in [0.29, 0.717) is 6.04 Å². The lowest BCUT2D eigenvalue weighted by Gasteiger charge is -2.37. The maximum absolute atomic E-state index is 10.8. The molecule has 0 bridgehead atoms. The van der Waals surface area contributed by atoms with Gasteiger partial charge in [0, 0.05) is 32.2 Å². The molecule has 0 saturated carbocycles.